The zero-order valence-electron chi connectivity index (χ0n) is 9.55. The van der Waals surface area contributed by atoms with E-state index in [-0.39, 0.29) is 0 Å². The highest BCUT2D eigenvalue weighted by molar-refractivity contribution is 6.17. The summed E-state index contributed by atoms with van der Waals surface area (Å²) >= 11 is 5.41. The molecular formula is C10H7ClF5NO3. The summed E-state index contributed by atoms with van der Waals surface area (Å²) in [5.41, 5.74) is -1.91. The van der Waals surface area contributed by atoms with E-state index in [0.29, 0.717) is 6.07 Å². The van der Waals surface area contributed by atoms with Crippen molar-refractivity contribution >= 4 is 17.6 Å². The quantitative estimate of drug-likeness (QED) is 0.668. The van der Waals surface area contributed by atoms with Crippen LogP contribution in [0.5, 0.6) is 5.75 Å². The summed E-state index contributed by atoms with van der Waals surface area (Å²) in [7, 11) is 0. The zero-order chi connectivity index (χ0) is 15.5. The van der Waals surface area contributed by atoms with Crippen molar-refractivity contribution in [1.29, 1.82) is 0 Å². The Morgan fingerprint density at radius 1 is 1.45 bits per heavy atom. The van der Waals surface area contributed by atoms with Gasteiger partial charge in [0.25, 0.3) is 6.43 Å². The number of aliphatic carboxylic acids is 1. The van der Waals surface area contributed by atoms with E-state index in [1.807, 2.05) is 0 Å². The summed E-state index contributed by atoms with van der Waals surface area (Å²) in [4.78, 5) is 13.9. The van der Waals surface area contributed by atoms with E-state index in [9.17, 15) is 26.7 Å². The van der Waals surface area contributed by atoms with Crippen LogP contribution >= 0.6 is 11.6 Å². The van der Waals surface area contributed by atoms with Gasteiger partial charge in [0.15, 0.2) is 0 Å². The van der Waals surface area contributed by atoms with Gasteiger partial charge in [0.05, 0.1) is 18.0 Å². The SMILES string of the molecule is O=C(O)Cc1nc(C(F)F)cc(OC(F)(F)F)c1CCl. The summed E-state index contributed by atoms with van der Waals surface area (Å²) in [5, 5.41) is 8.61. The van der Waals surface area contributed by atoms with Crippen molar-refractivity contribution in [1.82, 2.24) is 4.98 Å². The highest BCUT2D eigenvalue weighted by Gasteiger charge is 2.33. The van der Waals surface area contributed by atoms with Crippen LogP contribution in [-0.2, 0) is 17.1 Å². The molecule has 0 amide bonds. The number of ether oxygens (including phenoxy) is 1. The predicted octanol–water partition coefficient (Wildman–Crippen LogP) is 3.28. The number of halogens is 6. The number of carboxylic acid groups (broad SMARTS) is 1. The van der Waals surface area contributed by atoms with E-state index in [1.165, 1.54) is 0 Å². The van der Waals surface area contributed by atoms with Gasteiger partial charge in [0.2, 0.25) is 0 Å². The minimum absolute atomic E-state index is 0.390. The highest BCUT2D eigenvalue weighted by Crippen LogP contribution is 2.32. The first-order valence-electron chi connectivity index (χ1n) is 4.98. The average Bonchev–Trinajstić information content (AvgIpc) is 2.25. The van der Waals surface area contributed by atoms with Gasteiger partial charge in [-0.3, -0.25) is 9.78 Å². The monoisotopic (exact) mass is 319 g/mol. The van der Waals surface area contributed by atoms with Crippen molar-refractivity contribution in [2.75, 3.05) is 0 Å². The molecular weight excluding hydrogens is 313 g/mol. The van der Waals surface area contributed by atoms with Crippen LogP contribution in [0.1, 0.15) is 23.4 Å². The first-order chi connectivity index (χ1) is 9.14. The van der Waals surface area contributed by atoms with Gasteiger partial charge >= 0.3 is 12.3 Å². The van der Waals surface area contributed by atoms with Crippen LogP contribution in [0.4, 0.5) is 22.0 Å². The molecule has 0 saturated carbocycles. The average molecular weight is 320 g/mol. The molecule has 1 aromatic rings. The van der Waals surface area contributed by atoms with Crippen molar-refractivity contribution in [2.24, 2.45) is 0 Å². The second kappa shape index (κ2) is 6.21. The first kappa shape index (κ1) is 16.4. The van der Waals surface area contributed by atoms with Crippen LogP contribution in [0.25, 0.3) is 0 Å². The Hall–Kier alpha value is -1.64. The van der Waals surface area contributed by atoms with E-state index < -0.39 is 53.8 Å². The van der Waals surface area contributed by atoms with Gasteiger partial charge in [-0.25, -0.2) is 8.78 Å². The van der Waals surface area contributed by atoms with Crippen LogP contribution in [0, 0.1) is 0 Å². The van der Waals surface area contributed by atoms with Crippen LogP contribution < -0.4 is 4.74 Å². The second-order valence-corrected chi connectivity index (χ2v) is 3.79. The molecule has 0 atom stereocenters. The third-order valence-corrected chi connectivity index (χ3v) is 2.36. The minimum Gasteiger partial charge on any atom is -0.481 e. The lowest BCUT2D eigenvalue weighted by molar-refractivity contribution is -0.274. The normalized spacial score (nSPS) is 11.8. The van der Waals surface area contributed by atoms with Gasteiger partial charge in [0, 0.05) is 11.6 Å². The van der Waals surface area contributed by atoms with E-state index >= 15 is 0 Å². The summed E-state index contributed by atoms with van der Waals surface area (Å²) in [6.45, 7) is 0. The lowest BCUT2D eigenvalue weighted by Crippen LogP contribution is -2.19. The van der Waals surface area contributed by atoms with E-state index in [0.717, 1.165) is 0 Å². The smallest absolute Gasteiger partial charge is 0.481 e. The third-order valence-electron chi connectivity index (χ3n) is 2.09. The summed E-state index contributed by atoms with van der Waals surface area (Å²) in [6, 6.07) is 0.390. The van der Waals surface area contributed by atoms with E-state index in [4.69, 9.17) is 16.7 Å². The van der Waals surface area contributed by atoms with Gasteiger partial charge in [0.1, 0.15) is 11.4 Å². The second-order valence-electron chi connectivity index (χ2n) is 3.52. The molecule has 0 saturated heterocycles. The number of hydrogen-bond acceptors (Lipinski definition) is 3. The molecule has 1 heterocycles. The molecule has 10 heteroatoms. The molecule has 0 unspecified atom stereocenters. The summed E-state index contributed by atoms with van der Waals surface area (Å²) < 4.78 is 65.3. The maximum Gasteiger partial charge on any atom is 0.573 e. The molecule has 0 radical (unpaired) electrons. The topological polar surface area (TPSA) is 59.4 Å². The molecule has 1 aromatic heterocycles. The van der Waals surface area contributed by atoms with Crippen LogP contribution in [0.2, 0.25) is 0 Å². The molecule has 0 aliphatic heterocycles. The Morgan fingerprint density at radius 2 is 2.05 bits per heavy atom. The summed E-state index contributed by atoms with van der Waals surface area (Å²) in [5.74, 6) is -2.99. The number of carbonyl (C=O) groups is 1. The number of aromatic nitrogens is 1. The van der Waals surface area contributed by atoms with E-state index in [1.54, 1.807) is 0 Å². The number of carboxylic acids is 1. The third kappa shape index (κ3) is 4.48. The maximum absolute atomic E-state index is 12.6. The fourth-order valence-corrected chi connectivity index (χ4v) is 1.67. The van der Waals surface area contributed by atoms with Crippen LogP contribution in [0.15, 0.2) is 6.07 Å². The largest absolute Gasteiger partial charge is 0.573 e. The van der Waals surface area contributed by atoms with E-state index in [2.05, 4.69) is 9.72 Å². The number of nitrogens with zero attached hydrogens (tertiary/aromatic N) is 1. The maximum atomic E-state index is 12.6. The van der Waals surface area contributed by atoms with Gasteiger partial charge in [-0.05, 0) is 0 Å². The number of alkyl halides is 6. The van der Waals surface area contributed by atoms with Gasteiger partial charge in [-0.1, -0.05) is 0 Å². The lowest BCUT2D eigenvalue weighted by Gasteiger charge is -2.15. The number of hydrogen-bond donors (Lipinski definition) is 1. The molecule has 0 bridgehead atoms. The molecule has 0 aromatic carbocycles. The molecule has 0 aliphatic carbocycles. The van der Waals surface area contributed by atoms with Gasteiger partial charge in [-0.15, -0.1) is 24.8 Å². The highest BCUT2D eigenvalue weighted by atomic mass is 35.5. The van der Waals surface area contributed by atoms with Crippen LogP contribution in [0.3, 0.4) is 0 Å². The minimum atomic E-state index is -5.12. The Bertz CT molecular complexity index is 506. The first-order valence-corrected chi connectivity index (χ1v) is 5.52. The molecule has 20 heavy (non-hydrogen) atoms. The molecule has 1 N–H and O–H groups in total. The summed E-state index contributed by atoms with van der Waals surface area (Å²) in [6.07, 6.45) is -9.15. The Labute approximate surface area is 114 Å². The molecule has 0 spiro atoms. The van der Waals surface area contributed by atoms with Crippen molar-refractivity contribution in [2.45, 2.75) is 25.1 Å². The van der Waals surface area contributed by atoms with Crippen molar-refractivity contribution in [3.63, 3.8) is 0 Å². The number of pyridine rings is 1. The standard InChI is InChI=1S/C10H7ClF5NO3/c11-3-4-5(2-8(18)19)17-6(9(12)13)1-7(4)20-10(14,15)16/h1,9H,2-3H2,(H,18,19). The van der Waals surface area contributed by atoms with Crippen molar-refractivity contribution in [3.8, 4) is 5.75 Å². The fourth-order valence-electron chi connectivity index (χ4n) is 1.38. The molecule has 0 aliphatic rings. The van der Waals surface area contributed by atoms with Crippen LogP contribution in [-0.4, -0.2) is 22.4 Å². The molecule has 0 fully saturated rings. The molecule has 112 valence electrons. The molecule has 1 rings (SSSR count). The molecule has 4 nitrogen and oxygen atoms in total. The lowest BCUT2D eigenvalue weighted by atomic mass is 10.1. The predicted molar refractivity (Wildman–Crippen MR) is 56.8 cm³/mol. The Balaban J connectivity index is 3.38. The van der Waals surface area contributed by atoms with Gasteiger partial charge in [-0.2, -0.15) is 0 Å². The zero-order valence-corrected chi connectivity index (χ0v) is 10.3. The van der Waals surface area contributed by atoms with Crippen molar-refractivity contribution in [3.05, 3.63) is 23.0 Å². The fraction of sp³-hybridized carbons (Fsp3) is 0.400. The van der Waals surface area contributed by atoms with Crippen molar-refractivity contribution < 1.29 is 36.6 Å². The number of rotatable bonds is 5. The Kier molecular flexibility index (Phi) is 5.09. The Morgan fingerprint density at radius 3 is 2.45 bits per heavy atom. The van der Waals surface area contributed by atoms with Gasteiger partial charge < -0.3 is 9.84 Å².